The van der Waals surface area contributed by atoms with Crippen molar-refractivity contribution in [2.75, 3.05) is 0 Å². The van der Waals surface area contributed by atoms with E-state index in [1.54, 1.807) is 23.6 Å². The summed E-state index contributed by atoms with van der Waals surface area (Å²) in [4.78, 5) is 15.6. The summed E-state index contributed by atoms with van der Waals surface area (Å²) in [6, 6.07) is 43.1. The van der Waals surface area contributed by atoms with Crippen molar-refractivity contribution in [3.8, 4) is 28.3 Å². The first-order valence-electron chi connectivity index (χ1n) is 23.9. The number of hydrogen-bond acceptors (Lipinski definition) is 5. The fourth-order valence-electron chi connectivity index (χ4n) is 8.24. The molecule has 0 aliphatic rings. The molecule has 11 aromatic rings. The van der Waals surface area contributed by atoms with E-state index in [0.29, 0.717) is 16.8 Å². The van der Waals surface area contributed by atoms with E-state index in [0.717, 1.165) is 48.2 Å². The molecule has 0 unspecified atom stereocenters. The number of para-hydroxylation sites is 2. The molecule has 0 aliphatic carbocycles. The molecule has 0 aliphatic heterocycles. The number of thiophene rings is 2. The summed E-state index contributed by atoms with van der Waals surface area (Å²) in [7, 11) is -1.87. The molecule has 0 atom stereocenters. The van der Waals surface area contributed by atoms with Crippen molar-refractivity contribution in [3.63, 3.8) is 0 Å². The zero-order valence-corrected chi connectivity index (χ0v) is 40.1. The Labute approximate surface area is 395 Å². The van der Waals surface area contributed by atoms with Crippen LogP contribution in [0.5, 0.6) is 0 Å². The van der Waals surface area contributed by atoms with E-state index in [4.69, 9.17) is 19.6 Å². The Morgan fingerprint density at radius 3 is 2.42 bits per heavy atom. The van der Waals surface area contributed by atoms with Crippen molar-refractivity contribution in [1.29, 1.82) is 0 Å². The normalized spacial score (nSPS) is 14.0. The molecule has 62 heavy (non-hydrogen) atoms. The van der Waals surface area contributed by atoms with E-state index in [-0.39, 0.29) is 43.7 Å². The van der Waals surface area contributed by atoms with Gasteiger partial charge in [-0.2, -0.15) is 11.3 Å². The third-order valence-electron chi connectivity index (χ3n) is 11.0. The van der Waals surface area contributed by atoms with Crippen LogP contribution < -0.4 is 5.19 Å². The van der Waals surface area contributed by atoms with Crippen molar-refractivity contribution >= 4 is 98.2 Å². The van der Waals surface area contributed by atoms with Crippen molar-refractivity contribution in [2.24, 2.45) is 5.92 Å². The van der Waals surface area contributed by atoms with Crippen LogP contribution in [0.4, 0.5) is 0 Å². The Morgan fingerprint density at radius 2 is 1.61 bits per heavy atom. The molecule has 0 amide bonds. The number of nitrogens with zero attached hydrogens (tertiary/aromatic N) is 4. The van der Waals surface area contributed by atoms with Gasteiger partial charge in [0.2, 0.25) is 0 Å². The van der Waals surface area contributed by atoms with Crippen molar-refractivity contribution in [2.45, 2.75) is 53.6 Å². The fraction of sp³-hybridized carbons (Fsp3) is 0.167. The van der Waals surface area contributed by atoms with Crippen LogP contribution in [0.2, 0.25) is 19.6 Å². The van der Waals surface area contributed by atoms with Crippen LogP contribution in [-0.4, -0.2) is 27.6 Å². The standard InChI is InChI=1S/C35H20N3S2.C19H26NSi.Ir/c1-20-17-18-28(33-30(20)23-11-4-7-16-29(23)39-33)38-27-15-6-5-14-26(27)37-34(38)25-13-8-12-24-31-22-10-3-2-9-21(22)19-36-35(31)40-32(24)25;1-14(2)11-17-12-18(16-9-7-15(3)8-10-16)20-13-19(17)21(4,5)6;/h2-12,14-19H,1H3;7-9,12-14H,11H2,1-6H3;/q2*-1;/i;3D3,7D,8D,11D2;. The number of benzene rings is 6. The van der Waals surface area contributed by atoms with E-state index < -0.39 is 21.3 Å². The second-order valence-electron chi connectivity index (χ2n) is 16.7. The van der Waals surface area contributed by atoms with Crippen LogP contribution in [0, 0.1) is 31.8 Å². The van der Waals surface area contributed by atoms with Gasteiger partial charge < -0.3 is 9.55 Å². The molecule has 0 fully saturated rings. The Kier molecular flexibility index (Phi) is 9.23. The Hall–Kier alpha value is -5.34. The average Bonchev–Trinajstić information content (AvgIpc) is 4.01. The van der Waals surface area contributed by atoms with Gasteiger partial charge in [0, 0.05) is 68.3 Å². The molecule has 5 heterocycles. The quantitative estimate of drug-likeness (QED) is 0.123. The third-order valence-corrected chi connectivity index (χ3v) is 15.4. The van der Waals surface area contributed by atoms with E-state index in [9.17, 15) is 0 Å². The van der Waals surface area contributed by atoms with E-state index >= 15 is 0 Å². The zero-order chi connectivity index (χ0) is 48.0. The minimum atomic E-state index is -2.56. The van der Waals surface area contributed by atoms with Crippen LogP contribution in [-0.2, 0) is 26.5 Å². The maximum absolute atomic E-state index is 8.60. The largest absolute Gasteiger partial charge is 0.332 e. The van der Waals surface area contributed by atoms with Crippen LogP contribution in [0.15, 0.2) is 134 Å². The third kappa shape index (κ3) is 7.52. The summed E-state index contributed by atoms with van der Waals surface area (Å²) >= 11 is 3.58. The van der Waals surface area contributed by atoms with E-state index in [1.165, 1.54) is 48.0 Å². The molecule has 5 aromatic heterocycles. The predicted octanol–water partition coefficient (Wildman–Crippen LogP) is 14.7. The summed E-state index contributed by atoms with van der Waals surface area (Å²) in [6.45, 7) is 9.70. The monoisotopic (exact) mass is 1040 g/mol. The molecule has 1 radical (unpaired) electrons. The second-order valence-corrected chi connectivity index (χ2v) is 23.8. The van der Waals surface area contributed by atoms with Crippen molar-refractivity contribution in [1.82, 2.24) is 19.5 Å². The van der Waals surface area contributed by atoms with Gasteiger partial charge in [-0.3, -0.25) is 4.98 Å². The molecule has 0 bridgehead atoms. The summed E-state index contributed by atoms with van der Waals surface area (Å²) in [5.41, 5.74) is 6.46. The molecular weight excluding hydrogens is 989 g/mol. The molecule has 0 saturated heterocycles. The molecule has 8 heteroatoms. The molecule has 309 valence electrons. The number of aryl methyl sites for hydroxylation is 1. The number of imidazole rings is 1. The molecule has 11 rings (SSSR count). The van der Waals surface area contributed by atoms with Gasteiger partial charge in [-0.1, -0.05) is 124 Å². The number of hydrogen-bond donors (Lipinski definition) is 0. The number of fused-ring (bicyclic) bond motifs is 9. The molecular formula is C54H46IrN4S2Si-2. The molecule has 0 saturated carbocycles. The fourth-order valence-corrected chi connectivity index (χ4v) is 12.1. The van der Waals surface area contributed by atoms with Gasteiger partial charge in [0.1, 0.15) is 4.83 Å². The molecule has 0 spiro atoms. The number of pyridine rings is 2. The van der Waals surface area contributed by atoms with E-state index in [2.05, 4.69) is 139 Å². The summed E-state index contributed by atoms with van der Waals surface area (Å²) in [6.07, 6.45) is 2.10. The first-order valence-corrected chi connectivity index (χ1v) is 25.5. The summed E-state index contributed by atoms with van der Waals surface area (Å²) in [5, 5.41) is 8.35. The van der Waals surface area contributed by atoms with Gasteiger partial charge in [0.05, 0.1) is 35.3 Å². The summed E-state index contributed by atoms with van der Waals surface area (Å²) < 4.78 is 61.9. The van der Waals surface area contributed by atoms with Crippen molar-refractivity contribution < 1.29 is 29.7 Å². The van der Waals surface area contributed by atoms with E-state index in [1.807, 2.05) is 37.4 Å². The van der Waals surface area contributed by atoms with Crippen LogP contribution >= 0.6 is 22.7 Å². The van der Waals surface area contributed by atoms with Crippen molar-refractivity contribution in [3.05, 3.63) is 162 Å². The molecule has 6 aromatic carbocycles. The predicted molar refractivity (Wildman–Crippen MR) is 266 cm³/mol. The van der Waals surface area contributed by atoms with Crippen LogP contribution in [0.25, 0.3) is 90.6 Å². The topological polar surface area (TPSA) is 43.6 Å². The van der Waals surface area contributed by atoms with Crippen LogP contribution in [0.3, 0.4) is 0 Å². The Balaban J connectivity index is 0.000000182. The van der Waals surface area contributed by atoms with Gasteiger partial charge in [-0.05, 0) is 70.0 Å². The Morgan fingerprint density at radius 1 is 0.823 bits per heavy atom. The van der Waals surface area contributed by atoms with Gasteiger partial charge in [0.15, 0.2) is 0 Å². The average molecular weight is 1040 g/mol. The van der Waals surface area contributed by atoms with Gasteiger partial charge in [0.25, 0.3) is 0 Å². The zero-order valence-electron chi connectivity index (χ0n) is 42.1. The first kappa shape index (κ1) is 34.2. The molecule has 4 nitrogen and oxygen atoms in total. The van der Waals surface area contributed by atoms with Gasteiger partial charge in [-0.25, -0.2) is 4.98 Å². The molecule has 0 N–H and O–H groups in total. The maximum Gasteiger partial charge on any atom is 0.114 e. The minimum Gasteiger partial charge on any atom is -0.332 e. The maximum atomic E-state index is 8.60. The number of rotatable bonds is 6. The Bertz CT molecular complexity index is 3770. The van der Waals surface area contributed by atoms with Crippen LogP contribution in [0.1, 0.15) is 40.1 Å². The SMILES string of the molecule is Cc1ccc(-n2c(-c3[c-]ccc4c3sc3ncc5ccccc5c34)nc3ccccc32)c2sc3ccccc3c12.[2H]c1[c-]c(-c2cc(C([2H])([2H])C(C)C)c([Si](C)(C)C)cn2)cc([2H])c1C([2H])([2H])[2H].[Ir]. The smallest absolute Gasteiger partial charge is 0.114 e. The second kappa shape index (κ2) is 16.7. The van der Waals surface area contributed by atoms with Gasteiger partial charge in [-0.15, -0.1) is 64.9 Å². The first-order chi connectivity index (χ1) is 32.3. The van der Waals surface area contributed by atoms with Gasteiger partial charge >= 0.3 is 0 Å². The minimum absolute atomic E-state index is 0. The number of aromatic nitrogens is 4. The summed E-state index contributed by atoms with van der Waals surface area (Å²) in [5.74, 6) is 0.656.